The zero-order chi connectivity index (χ0) is 14.3. The number of hydrogen-bond acceptors (Lipinski definition) is 3. The zero-order valence-corrected chi connectivity index (χ0v) is 12.2. The first-order chi connectivity index (χ1) is 10.4. The first-order valence-electron chi connectivity index (χ1n) is 6.67. The molecule has 0 unspecified atom stereocenters. The SMILES string of the molecule is C(C=Cc1ccccn1)=Cc1ccc(-c2cccs2)nc1. The largest absolute Gasteiger partial charge is 0.257 e. The Morgan fingerprint density at radius 1 is 0.857 bits per heavy atom. The molecule has 0 aliphatic heterocycles. The van der Waals surface area contributed by atoms with Crippen LogP contribution in [0, 0.1) is 0 Å². The van der Waals surface area contributed by atoms with Gasteiger partial charge >= 0.3 is 0 Å². The minimum Gasteiger partial charge on any atom is -0.257 e. The lowest BCUT2D eigenvalue weighted by Gasteiger charge is -1.97. The molecule has 0 atom stereocenters. The zero-order valence-electron chi connectivity index (χ0n) is 11.4. The minimum absolute atomic E-state index is 0.952. The highest BCUT2D eigenvalue weighted by Gasteiger charge is 1.98. The molecule has 0 bridgehead atoms. The molecule has 0 amide bonds. The van der Waals surface area contributed by atoms with E-state index in [1.807, 2.05) is 60.8 Å². The highest BCUT2D eigenvalue weighted by atomic mass is 32.1. The third-order valence-electron chi connectivity index (χ3n) is 2.91. The molecule has 0 N–H and O–H groups in total. The molecule has 0 fully saturated rings. The molecule has 2 nitrogen and oxygen atoms in total. The number of thiophene rings is 1. The minimum atomic E-state index is 0.952. The number of pyridine rings is 2. The van der Waals surface area contributed by atoms with Crippen molar-refractivity contribution in [1.29, 1.82) is 0 Å². The maximum Gasteiger partial charge on any atom is 0.0802 e. The van der Waals surface area contributed by atoms with Gasteiger partial charge in [-0.15, -0.1) is 11.3 Å². The number of hydrogen-bond donors (Lipinski definition) is 0. The van der Waals surface area contributed by atoms with E-state index in [0.717, 1.165) is 17.0 Å². The van der Waals surface area contributed by atoms with E-state index in [1.54, 1.807) is 17.5 Å². The van der Waals surface area contributed by atoms with Crippen LogP contribution in [-0.2, 0) is 0 Å². The van der Waals surface area contributed by atoms with Crippen molar-refractivity contribution in [3.05, 3.63) is 83.6 Å². The van der Waals surface area contributed by atoms with E-state index in [9.17, 15) is 0 Å². The van der Waals surface area contributed by atoms with Crippen LogP contribution >= 0.6 is 11.3 Å². The molecule has 0 aliphatic rings. The van der Waals surface area contributed by atoms with Gasteiger partial charge in [-0.05, 0) is 41.3 Å². The highest BCUT2D eigenvalue weighted by molar-refractivity contribution is 7.13. The van der Waals surface area contributed by atoms with Gasteiger partial charge in [0.05, 0.1) is 16.3 Å². The van der Waals surface area contributed by atoms with Gasteiger partial charge in [-0.2, -0.15) is 0 Å². The summed E-state index contributed by atoms with van der Waals surface area (Å²) in [5.74, 6) is 0. The fraction of sp³-hybridized carbons (Fsp3) is 0. The first kappa shape index (κ1) is 13.5. The second-order valence-electron chi connectivity index (χ2n) is 4.43. The number of aromatic nitrogens is 2. The fourth-order valence-corrected chi connectivity index (χ4v) is 2.57. The van der Waals surface area contributed by atoms with Crippen molar-refractivity contribution >= 4 is 23.5 Å². The van der Waals surface area contributed by atoms with Gasteiger partial charge < -0.3 is 0 Å². The normalized spacial score (nSPS) is 11.4. The molecule has 3 heteroatoms. The van der Waals surface area contributed by atoms with Crippen molar-refractivity contribution in [2.45, 2.75) is 0 Å². The van der Waals surface area contributed by atoms with Crippen LogP contribution in [-0.4, -0.2) is 9.97 Å². The Hall–Kier alpha value is -2.52. The first-order valence-corrected chi connectivity index (χ1v) is 7.55. The van der Waals surface area contributed by atoms with Gasteiger partial charge in [-0.1, -0.05) is 36.4 Å². The molecule has 21 heavy (non-hydrogen) atoms. The van der Waals surface area contributed by atoms with E-state index >= 15 is 0 Å². The summed E-state index contributed by atoms with van der Waals surface area (Å²) in [6.07, 6.45) is 11.7. The van der Waals surface area contributed by atoms with Crippen LogP contribution in [0.1, 0.15) is 11.3 Å². The number of allylic oxidation sites excluding steroid dienone is 2. The molecule has 0 aliphatic carbocycles. The van der Waals surface area contributed by atoms with Crippen molar-refractivity contribution in [2.75, 3.05) is 0 Å². The summed E-state index contributed by atoms with van der Waals surface area (Å²) in [7, 11) is 0. The van der Waals surface area contributed by atoms with E-state index < -0.39 is 0 Å². The van der Waals surface area contributed by atoms with Crippen LogP contribution in [0.25, 0.3) is 22.7 Å². The molecule has 3 aromatic rings. The Labute approximate surface area is 128 Å². The standard InChI is InChI=1S/C18H14N2S/c1(2-7-16-8-3-4-12-19-16)6-15-10-11-17(20-14-15)18-9-5-13-21-18/h1-14H. The summed E-state index contributed by atoms with van der Waals surface area (Å²) in [5, 5.41) is 2.06. The van der Waals surface area contributed by atoms with E-state index in [-0.39, 0.29) is 0 Å². The van der Waals surface area contributed by atoms with Crippen LogP contribution in [0.4, 0.5) is 0 Å². The van der Waals surface area contributed by atoms with Gasteiger partial charge in [0, 0.05) is 12.4 Å². The Balaban J connectivity index is 1.65. The number of nitrogens with zero attached hydrogens (tertiary/aromatic N) is 2. The van der Waals surface area contributed by atoms with Crippen molar-refractivity contribution in [3.8, 4) is 10.6 Å². The van der Waals surface area contributed by atoms with Crippen LogP contribution in [0.15, 0.2) is 72.4 Å². The predicted octanol–water partition coefficient (Wildman–Crippen LogP) is 4.93. The monoisotopic (exact) mass is 290 g/mol. The van der Waals surface area contributed by atoms with Crippen LogP contribution in [0.3, 0.4) is 0 Å². The summed E-state index contributed by atoms with van der Waals surface area (Å²) < 4.78 is 0. The summed E-state index contributed by atoms with van der Waals surface area (Å²) in [4.78, 5) is 9.91. The molecule has 3 aromatic heterocycles. The van der Waals surface area contributed by atoms with Gasteiger partial charge in [0.25, 0.3) is 0 Å². The second kappa shape index (κ2) is 6.77. The molecular weight excluding hydrogens is 276 g/mol. The Bertz CT molecular complexity index is 727. The van der Waals surface area contributed by atoms with E-state index in [4.69, 9.17) is 0 Å². The fourth-order valence-electron chi connectivity index (χ4n) is 1.87. The molecule has 102 valence electrons. The Morgan fingerprint density at radius 3 is 2.52 bits per heavy atom. The lowest BCUT2D eigenvalue weighted by Crippen LogP contribution is -1.80. The molecule has 0 radical (unpaired) electrons. The number of rotatable bonds is 4. The highest BCUT2D eigenvalue weighted by Crippen LogP contribution is 2.22. The topological polar surface area (TPSA) is 25.8 Å². The third kappa shape index (κ3) is 3.74. The quantitative estimate of drug-likeness (QED) is 0.637. The summed E-state index contributed by atoms with van der Waals surface area (Å²) in [6.45, 7) is 0. The van der Waals surface area contributed by atoms with Gasteiger partial charge in [0.15, 0.2) is 0 Å². The molecule has 0 aromatic carbocycles. The van der Waals surface area contributed by atoms with E-state index in [1.165, 1.54) is 4.88 Å². The summed E-state index contributed by atoms with van der Waals surface area (Å²) in [6, 6.07) is 14.1. The molecule has 0 saturated heterocycles. The molecule has 0 saturated carbocycles. The average Bonchev–Trinajstić information content (AvgIpc) is 3.08. The Morgan fingerprint density at radius 2 is 1.81 bits per heavy atom. The van der Waals surface area contributed by atoms with Crippen molar-refractivity contribution in [2.24, 2.45) is 0 Å². The molecule has 3 rings (SSSR count). The average molecular weight is 290 g/mol. The van der Waals surface area contributed by atoms with Crippen molar-refractivity contribution < 1.29 is 0 Å². The third-order valence-corrected chi connectivity index (χ3v) is 3.81. The van der Waals surface area contributed by atoms with Gasteiger partial charge in [0.2, 0.25) is 0 Å². The predicted molar refractivity (Wildman–Crippen MR) is 89.9 cm³/mol. The van der Waals surface area contributed by atoms with Gasteiger partial charge in [-0.25, -0.2) is 0 Å². The van der Waals surface area contributed by atoms with Crippen LogP contribution in [0.2, 0.25) is 0 Å². The summed E-state index contributed by atoms with van der Waals surface area (Å²) >= 11 is 1.70. The van der Waals surface area contributed by atoms with Gasteiger partial charge in [-0.3, -0.25) is 9.97 Å². The molecular formula is C18H14N2S. The lowest BCUT2D eigenvalue weighted by atomic mass is 10.2. The van der Waals surface area contributed by atoms with Crippen molar-refractivity contribution in [1.82, 2.24) is 9.97 Å². The van der Waals surface area contributed by atoms with Crippen LogP contribution in [0.5, 0.6) is 0 Å². The maximum absolute atomic E-state index is 4.48. The van der Waals surface area contributed by atoms with E-state index in [0.29, 0.717) is 0 Å². The van der Waals surface area contributed by atoms with Crippen LogP contribution < -0.4 is 0 Å². The molecule has 3 heterocycles. The summed E-state index contributed by atoms with van der Waals surface area (Å²) in [5.41, 5.74) is 3.06. The van der Waals surface area contributed by atoms with E-state index in [2.05, 4.69) is 27.5 Å². The van der Waals surface area contributed by atoms with Gasteiger partial charge in [0.1, 0.15) is 0 Å². The smallest absolute Gasteiger partial charge is 0.0802 e. The lowest BCUT2D eigenvalue weighted by molar-refractivity contribution is 1.30. The second-order valence-corrected chi connectivity index (χ2v) is 5.37. The van der Waals surface area contributed by atoms with Crippen molar-refractivity contribution in [3.63, 3.8) is 0 Å². The molecule has 0 spiro atoms. The Kier molecular flexibility index (Phi) is 4.34. The maximum atomic E-state index is 4.48.